The SMILES string of the molecule is c1ccc(-n2ccnc2-c2ccc3oc4ccc(-n5c6ccc(-n7c8ccccc8c8ccccc87)cc6c6cc(-n7c8ccccc8c8ccccc87)ccc65)cc4c3c2)cc1. The molecule has 0 N–H and O–H groups in total. The van der Waals surface area contributed by atoms with Crippen LogP contribution in [0.2, 0.25) is 0 Å². The van der Waals surface area contributed by atoms with Gasteiger partial charge in [0, 0.05) is 83.8 Å². The van der Waals surface area contributed by atoms with Crippen LogP contribution in [0.1, 0.15) is 0 Å². The Kier molecular flexibility index (Phi) is 7.02. The maximum Gasteiger partial charge on any atom is 0.144 e. The lowest BCUT2D eigenvalue weighted by molar-refractivity contribution is 0.669. The predicted octanol–water partition coefficient (Wildman–Crippen LogP) is 14.7. The Morgan fingerprint density at radius 3 is 1.25 bits per heavy atom. The predicted molar refractivity (Wildman–Crippen MR) is 259 cm³/mol. The molecule has 6 heteroatoms. The molecule has 0 spiro atoms. The highest BCUT2D eigenvalue weighted by atomic mass is 16.3. The standard InChI is InChI=1S/C57H35N5O/c1-2-12-37(13-3-1)59-31-30-58-57(59)36-22-28-55-47(32-36)48-35-40(25-29-56(48)63-55)62-53-26-23-38(60-49-18-8-4-14-41(49)42-15-5-9-19-50(42)60)33-45(53)46-34-39(24-27-54(46)62)61-51-20-10-6-16-43(51)44-17-7-11-21-52(44)61/h1-35H. The van der Waals surface area contributed by atoms with Crippen LogP contribution in [0.15, 0.2) is 217 Å². The lowest BCUT2D eigenvalue weighted by Gasteiger charge is -2.11. The molecule has 14 rings (SSSR count). The molecule has 5 aromatic heterocycles. The molecule has 0 atom stereocenters. The fourth-order valence-corrected chi connectivity index (χ4v) is 10.3. The molecule has 0 radical (unpaired) electrons. The van der Waals surface area contributed by atoms with E-state index in [0.29, 0.717) is 0 Å². The van der Waals surface area contributed by atoms with Crippen molar-refractivity contribution in [2.45, 2.75) is 0 Å². The van der Waals surface area contributed by atoms with E-state index < -0.39 is 0 Å². The molecule has 0 saturated carbocycles. The summed E-state index contributed by atoms with van der Waals surface area (Å²) in [6.45, 7) is 0. The first kappa shape index (κ1) is 34.1. The second-order valence-electron chi connectivity index (χ2n) is 16.4. The minimum Gasteiger partial charge on any atom is -0.456 e. The number of rotatable bonds is 5. The Labute approximate surface area is 360 Å². The number of hydrogen-bond acceptors (Lipinski definition) is 2. The van der Waals surface area contributed by atoms with E-state index in [4.69, 9.17) is 9.40 Å². The van der Waals surface area contributed by atoms with Crippen LogP contribution in [-0.2, 0) is 0 Å². The smallest absolute Gasteiger partial charge is 0.144 e. The van der Waals surface area contributed by atoms with Crippen molar-refractivity contribution < 1.29 is 4.42 Å². The molecule has 0 aliphatic carbocycles. The van der Waals surface area contributed by atoms with Crippen LogP contribution in [0, 0.1) is 0 Å². The van der Waals surface area contributed by atoms with E-state index in [2.05, 4.69) is 212 Å². The number of para-hydroxylation sites is 5. The van der Waals surface area contributed by atoms with Gasteiger partial charge in [-0.25, -0.2) is 4.98 Å². The van der Waals surface area contributed by atoms with Gasteiger partial charge in [-0.3, -0.25) is 4.57 Å². The Bertz CT molecular complexity index is 3880. The quantitative estimate of drug-likeness (QED) is 0.174. The van der Waals surface area contributed by atoms with E-state index in [9.17, 15) is 0 Å². The van der Waals surface area contributed by atoms with Crippen LogP contribution in [0.3, 0.4) is 0 Å². The van der Waals surface area contributed by atoms with Gasteiger partial charge in [-0.05, 0) is 109 Å². The Hall–Kier alpha value is -8.61. The first-order valence-corrected chi connectivity index (χ1v) is 21.4. The third-order valence-electron chi connectivity index (χ3n) is 13.1. The third kappa shape index (κ3) is 4.91. The summed E-state index contributed by atoms with van der Waals surface area (Å²) in [5.41, 5.74) is 14.1. The number of aromatic nitrogens is 5. The molecule has 0 bridgehead atoms. The molecule has 14 aromatic rings. The molecule has 0 saturated heterocycles. The van der Waals surface area contributed by atoms with Gasteiger partial charge in [-0.1, -0.05) is 91.0 Å². The first-order valence-electron chi connectivity index (χ1n) is 21.4. The van der Waals surface area contributed by atoms with Gasteiger partial charge in [0.05, 0.1) is 33.1 Å². The van der Waals surface area contributed by atoms with Gasteiger partial charge < -0.3 is 18.1 Å². The summed E-state index contributed by atoms with van der Waals surface area (Å²) in [6.07, 6.45) is 3.88. The average Bonchev–Trinajstić information content (AvgIpc) is 4.17. The van der Waals surface area contributed by atoms with Crippen LogP contribution in [0.25, 0.3) is 121 Å². The highest BCUT2D eigenvalue weighted by molar-refractivity contribution is 6.15. The maximum absolute atomic E-state index is 6.50. The number of furan rings is 1. The van der Waals surface area contributed by atoms with Crippen molar-refractivity contribution >= 4 is 87.4 Å². The van der Waals surface area contributed by atoms with Crippen LogP contribution in [0.5, 0.6) is 0 Å². The van der Waals surface area contributed by atoms with Gasteiger partial charge in [0.25, 0.3) is 0 Å². The minimum absolute atomic E-state index is 0.845. The Morgan fingerprint density at radius 1 is 0.317 bits per heavy atom. The highest BCUT2D eigenvalue weighted by Gasteiger charge is 2.20. The average molecular weight is 806 g/mol. The molecule has 0 amide bonds. The summed E-state index contributed by atoms with van der Waals surface area (Å²) in [5.74, 6) is 0.883. The van der Waals surface area contributed by atoms with E-state index in [1.807, 2.05) is 18.5 Å². The lowest BCUT2D eigenvalue weighted by Crippen LogP contribution is -1.96. The molecular weight excluding hydrogens is 771 g/mol. The summed E-state index contributed by atoms with van der Waals surface area (Å²) in [6, 6.07) is 72.2. The summed E-state index contributed by atoms with van der Waals surface area (Å²) in [7, 11) is 0. The molecule has 6 nitrogen and oxygen atoms in total. The summed E-state index contributed by atoms with van der Waals surface area (Å²) >= 11 is 0. The second kappa shape index (κ2) is 12.9. The summed E-state index contributed by atoms with van der Waals surface area (Å²) in [4.78, 5) is 4.80. The molecule has 63 heavy (non-hydrogen) atoms. The van der Waals surface area contributed by atoms with Crippen molar-refractivity contribution in [1.82, 2.24) is 23.3 Å². The van der Waals surface area contributed by atoms with Crippen molar-refractivity contribution in [3.63, 3.8) is 0 Å². The molecule has 0 unspecified atom stereocenters. The van der Waals surface area contributed by atoms with Crippen molar-refractivity contribution in [3.05, 3.63) is 213 Å². The van der Waals surface area contributed by atoms with Crippen molar-refractivity contribution in [2.24, 2.45) is 0 Å². The van der Waals surface area contributed by atoms with Gasteiger partial charge in [-0.2, -0.15) is 0 Å². The van der Waals surface area contributed by atoms with Crippen LogP contribution < -0.4 is 0 Å². The zero-order valence-electron chi connectivity index (χ0n) is 33.9. The normalized spacial score (nSPS) is 12.1. The van der Waals surface area contributed by atoms with Gasteiger partial charge in [-0.15, -0.1) is 0 Å². The topological polar surface area (TPSA) is 45.8 Å². The third-order valence-corrected chi connectivity index (χ3v) is 13.1. The van der Waals surface area contributed by atoms with Gasteiger partial charge in [0.15, 0.2) is 0 Å². The Morgan fingerprint density at radius 2 is 0.730 bits per heavy atom. The molecule has 294 valence electrons. The highest BCUT2D eigenvalue weighted by Crippen LogP contribution is 2.41. The summed E-state index contributed by atoms with van der Waals surface area (Å²) in [5, 5.41) is 9.46. The zero-order valence-corrected chi connectivity index (χ0v) is 33.9. The molecular formula is C57H35N5O. The Balaban J connectivity index is 1.01. The number of nitrogens with zero attached hydrogens (tertiary/aromatic N) is 5. The molecule has 0 aliphatic rings. The second-order valence-corrected chi connectivity index (χ2v) is 16.4. The van der Waals surface area contributed by atoms with E-state index >= 15 is 0 Å². The van der Waals surface area contributed by atoms with Gasteiger partial charge in [0.2, 0.25) is 0 Å². The molecule has 5 heterocycles. The van der Waals surface area contributed by atoms with Gasteiger partial charge in [0.1, 0.15) is 17.0 Å². The lowest BCUT2D eigenvalue weighted by atomic mass is 10.1. The zero-order chi connectivity index (χ0) is 41.2. The molecule has 0 aliphatic heterocycles. The molecule has 0 fully saturated rings. The minimum atomic E-state index is 0.845. The van der Waals surface area contributed by atoms with Crippen LogP contribution >= 0.6 is 0 Å². The maximum atomic E-state index is 6.50. The number of fused-ring (bicyclic) bond motifs is 12. The van der Waals surface area contributed by atoms with Crippen molar-refractivity contribution in [1.29, 1.82) is 0 Å². The number of imidazole rings is 1. The van der Waals surface area contributed by atoms with E-state index in [1.54, 1.807) is 0 Å². The van der Waals surface area contributed by atoms with E-state index in [-0.39, 0.29) is 0 Å². The first-order chi connectivity index (χ1) is 31.2. The van der Waals surface area contributed by atoms with Gasteiger partial charge >= 0.3 is 0 Å². The van der Waals surface area contributed by atoms with Crippen molar-refractivity contribution in [3.8, 4) is 34.1 Å². The number of benzene rings is 9. The fraction of sp³-hybridized carbons (Fsp3) is 0. The monoisotopic (exact) mass is 805 g/mol. The fourth-order valence-electron chi connectivity index (χ4n) is 10.3. The van der Waals surface area contributed by atoms with E-state index in [1.165, 1.54) is 54.4 Å². The number of hydrogen-bond donors (Lipinski definition) is 0. The van der Waals surface area contributed by atoms with Crippen molar-refractivity contribution in [2.75, 3.05) is 0 Å². The molecule has 9 aromatic carbocycles. The van der Waals surface area contributed by atoms with Crippen LogP contribution in [-0.4, -0.2) is 23.3 Å². The summed E-state index contributed by atoms with van der Waals surface area (Å²) < 4.78 is 15.9. The van der Waals surface area contributed by atoms with Crippen LogP contribution in [0.4, 0.5) is 0 Å². The largest absolute Gasteiger partial charge is 0.456 e. The van der Waals surface area contributed by atoms with E-state index in [0.717, 1.165) is 67.1 Å².